The maximum atomic E-state index is 6.66. The zero-order valence-electron chi connectivity index (χ0n) is 16.1. The lowest BCUT2D eigenvalue weighted by Crippen LogP contribution is -2.59. The number of hydrogen-bond donors (Lipinski definition) is 0. The first-order valence-corrected chi connectivity index (χ1v) is 12.0. The predicted molar refractivity (Wildman–Crippen MR) is 113 cm³/mol. The first-order chi connectivity index (χ1) is 14.3. The summed E-state index contributed by atoms with van der Waals surface area (Å²) in [5.41, 5.74) is 0.159. The van der Waals surface area contributed by atoms with Crippen LogP contribution < -0.4 is 13.3 Å². The molecule has 3 atom stereocenters. The third-order valence-electron chi connectivity index (χ3n) is 5.51. The summed E-state index contributed by atoms with van der Waals surface area (Å²) >= 11 is 0. The van der Waals surface area contributed by atoms with Crippen molar-refractivity contribution >= 4 is 8.80 Å². The standard InChI is InChI=1S/C24H24O4Si/c1-4-10-19(11-5-1)26-29(27-20-12-6-2-7-13-20,28-21-14-8-3-9-15-21)22-16-17-23-24(18-22)25-23/h1-15,22-24H,16-18H2. The van der Waals surface area contributed by atoms with Crippen molar-refractivity contribution in [2.75, 3.05) is 0 Å². The zero-order chi connectivity index (χ0) is 19.5. The van der Waals surface area contributed by atoms with Crippen LogP contribution in [0.4, 0.5) is 0 Å². The first-order valence-electron chi connectivity index (χ1n) is 10.2. The van der Waals surface area contributed by atoms with Gasteiger partial charge >= 0.3 is 8.80 Å². The lowest BCUT2D eigenvalue weighted by molar-refractivity contribution is 0.231. The molecule has 4 nitrogen and oxygen atoms in total. The van der Waals surface area contributed by atoms with Crippen LogP contribution in [0.5, 0.6) is 17.2 Å². The van der Waals surface area contributed by atoms with E-state index in [1.54, 1.807) is 0 Å². The van der Waals surface area contributed by atoms with Crippen LogP contribution in [0.1, 0.15) is 19.3 Å². The van der Waals surface area contributed by atoms with Gasteiger partial charge in [-0.1, -0.05) is 54.6 Å². The van der Waals surface area contributed by atoms with Crippen LogP contribution >= 0.6 is 0 Å². The highest BCUT2D eigenvalue weighted by molar-refractivity contribution is 6.64. The van der Waals surface area contributed by atoms with Crippen molar-refractivity contribution in [2.45, 2.75) is 37.0 Å². The molecule has 1 saturated carbocycles. The summed E-state index contributed by atoms with van der Waals surface area (Å²) in [6.07, 6.45) is 3.61. The Balaban J connectivity index is 1.54. The van der Waals surface area contributed by atoms with Gasteiger partial charge in [-0.05, 0) is 55.7 Å². The van der Waals surface area contributed by atoms with Crippen molar-refractivity contribution in [3.8, 4) is 17.2 Å². The third-order valence-corrected chi connectivity index (χ3v) is 8.60. The maximum absolute atomic E-state index is 6.66. The third kappa shape index (κ3) is 4.16. The fourth-order valence-corrected chi connectivity index (χ4v) is 7.06. The minimum Gasteiger partial charge on any atom is -0.483 e. The van der Waals surface area contributed by atoms with E-state index in [1.165, 1.54) is 0 Å². The Morgan fingerprint density at radius 2 is 1.03 bits per heavy atom. The van der Waals surface area contributed by atoms with Gasteiger partial charge in [0.25, 0.3) is 0 Å². The lowest BCUT2D eigenvalue weighted by atomic mass is 10.0. The lowest BCUT2D eigenvalue weighted by Gasteiger charge is -2.36. The van der Waals surface area contributed by atoms with Gasteiger partial charge in [0.05, 0.1) is 17.7 Å². The largest absolute Gasteiger partial charge is 0.702 e. The molecule has 2 fully saturated rings. The highest BCUT2D eigenvalue weighted by Crippen LogP contribution is 2.47. The molecule has 3 unspecified atom stereocenters. The first kappa shape index (κ1) is 18.3. The number of para-hydroxylation sites is 3. The molecule has 0 amide bonds. The highest BCUT2D eigenvalue weighted by atomic mass is 28.4. The van der Waals surface area contributed by atoms with Gasteiger partial charge in [0.2, 0.25) is 0 Å². The van der Waals surface area contributed by atoms with E-state index < -0.39 is 8.80 Å². The minimum absolute atomic E-state index is 0.159. The average molecular weight is 405 g/mol. The summed E-state index contributed by atoms with van der Waals surface area (Å²) in [5.74, 6) is 2.31. The van der Waals surface area contributed by atoms with Crippen LogP contribution in [0.2, 0.25) is 5.54 Å². The Morgan fingerprint density at radius 1 is 0.586 bits per heavy atom. The number of rotatable bonds is 7. The fourth-order valence-electron chi connectivity index (χ4n) is 4.00. The normalized spacial score (nSPS) is 23.0. The van der Waals surface area contributed by atoms with Crippen molar-refractivity contribution in [1.29, 1.82) is 0 Å². The Hall–Kier alpha value is -2.76. The molecule has 29 heavy (non-hydrogen) atoms. The van der Waals surface area contributed by atoms with Crippen molar-refractivity contribution in [3.05, 3.63) is 91.0 Å². The second kappa shape index (κ2) is 7.93. The topological polar surface area (TPSA) is 40.2 Å². The molecule has 3 aromatic carbocycles. The molecule has 3 aromatic rings. The molecule has 5 rings (SSSR count). The minimum atomic E-state index is -3.21. The molecule has 0 aromatic heterocycles. The Bertz CT molecular complexity index is 818. The molecular weight excluding hydrogens is 380 g/mol. The molecule has 2 aliphatic rings. The van der Waals surface area contributed by atoms with E-state index in [1.807, 2.05) is 91.0 Å². The zero-order valence-corrected chi connectivity index (χ0v) is 17.1. The van der Waals surface area contributed by atoms with Gasteiger partial charge in [0, 0.05) is 0 Å². The van der Waals surface area contributed by atoms with Crippen LogP contribution in [-0.4, -0.2) is 21.0 Å². The van der Waals surface area contributed by atoms with E-state index in [2.05, 4.69) is 0 Å². The molecule has 0 bridgehead atoms. The Labute approximate surface area is 172 Å². The number of ether oxygens (including phenoxy) is 1. The van der Waals surface area contributed by atoms with Crippen LogP contribution in [0.15, 0.2) is 91.0 Å². The molecule has 1 heterocycles. The van der Waals surface area contributed by atoms with Crippen molar-refractivity contribution in [3.63, 3.8) is 0 Å². The monoisotopic (exact) mass is 404 g/mol. The van der Waals surface area contributed by atoms with E-state index >= 15 is 0 Å². The van der Waals surface area contributed by atoms with Crippen molar-refractivity contribution in [1.82, 2.24) is 0 Å². The number of fused-ring (bicyclic) bond motifs is 1. The molecule has 1 aliphatic heterocycles. The van der Waals surface area contributed by atoms with Gasteiger partial charge in [0.15, 0.2) is 0 Å². The summed E-state index contributed by atoms with van der Waals surface area (Å²) in [6, 6.07) is 29.6. The van der Waals surface area contributed by atoms with Gasteiger partial charge in [0.1, 0.15) is 17.2 Å². The van der Waals surface area contributed by atoms with Crippen LogP contribution in [-0.2, 0) is 4.74 Å². The van der Waals surface area contributed by atoms with E-state index in [4.69, 9.17) is 18.0 Å². The fraction of sp³-hybridized carbons (Fsp3) is 0.250. The number of benzene rings is 3. The second-order valence-corrected chi connectivity index (χ2v) is 10.2. The van der Waals surface area contributed by atoms with E-state index in [9.17, 15) is 0 Å². The maximum Gasteiger partial charge on any atom is 0.702 e. The van der Waals surface area contributed by atoms with Crippen LogP contribution in [0, 0.1) is 0 Å². The van der Waals surface area contributed by atoms with Crippen LogP contribution in [0.25, 0.3) is 0 Å². The summed E-state index contributed by atoms with van der Waals surface area (Å²) in [6.45, 7) is 0. The number of hydrogen-bond acceptors (Lipinski definition) is 4. The van der Waals surface area contributed by atoms with Crippen molar-refractivity contribution < 1.29 is 18.0 Å². The predicted octanol–water partition coefficient (Wildman–Crippen LogP) is 5.48. The van der Waals surface area contributed by atoms with Gasteiger partial charge < -0.3 is 18.0 Å². The highest BCUT2D eigenvalue weighted by Gasteiger charge is 2.62. The average Bonchev–Trinajstić information content (AvgIpc) is 3.55. The molecule has 1 saturated heterocycles. The molecule has 148 valence electrons. The van der Waals surface area contributed by atoms with E-state index in [0.717, 1.165) is 36.5 Å². The molecule has 5 heteroatoms. The Kier molecular flexibility index (Phi) is 5.00. The summed E-state index contributed by atoms with van der Waals surface area (Å²) in [7, 11) is -3.21. The SMILES string of the molecule is c1ccc(O[Si](Oc2ccccc2)(Oc2ccccc2)C2CCC3OC3C2)cc1. The molecule has 0 spiro atoms. The molecular formula is C24H24O4Si. The summed E-state index contributed by atoms with van der Waals surface area (Å²) < 4.78 is 25.8. The van der Waals surface area contributed by atoms with E-state index in [-0.39, 0.29) is 5.54 Å². The Morgan fingerprint density at radius 3 is 1.45 bits per heavy atom. The van der Waals surface area contributed by atoms with E-state index in [0.29, 0.717) is 12.2 Å². The van der Waals surface area contributed by atoms with Gasteiger partial charge in [-0.3, -0.25) is 0 Å². The second-order valence-electron chi connectivity index (χ2n) is 7.57. The molecule has 0 N–H and O–H groups in total. The quantitative estimate of drug-likeness (QED) is 0.386. The van der Waals surface area contributed by atoms with Gasteiger partial charge in [-0.15, -0.1) is 0 Å². The van der Waals surface area contributed by atoms with Crippen molar-refractivity contribution in [2.24, 2.45) is 0 Å². The van der Waals surface area contributed by atoms with Gasteiger partial charge in [-0.25, -0.2) is 0 Å². The molecule has 1 aliphatic carbocycles. The van der Waals surface area contributed by atoms with Gasteiger partial charge in [-0.2, -0.15) is 0 Å². The summed E-state index contributed by atoms with van der Waals surface area (Å²) in [4.78, 5) is 0. The molecule has 0 radical (unpaired) electrons. The van der Waals surface area contributed by atoms with Crippen LogP contribution in [0.3, 0.4) is 0 Å². The summed E-state index contributed by atoms with van der Waals surface area (Å²) in [5, 5.41) is 0. The number of epoxide rings is 1. The smallest absolute Gasteiger partial charge is 0.483 e.